The van der Waals surface area contributed by atoms with Crippen LogP contribution in [0.5, 0.6) is 0 Å². The summed E-state index contributed by atoms with van der Waals surface area (Å²) in [6.07, 6.45) is -0.128. The normalized spacial score (nSPS) is 10.3. The number of para-hydroxylation sites is 2. The number of nitrogens with one attached hydrogen (secondary N) is 2. The summed E-state index contributed by atoms with van der Waals surface area (Å²) in [5.41, 5.74) is 1.63. The first-order valence-corrected chi connectivity index (χ1v) is 4.89. The predicted octanol–water partition coefficient (Wildman–Crippen LogP) is 1.48. The molecular formula is C11H11N3O2. The van der Waals surface area contributed by atoms with Crippen LogP contribution in [0.4, 0.5) is 5.95 Å². The van der Waals surface area contributed by atoms with Crippen molar-refractivity contribution in [3.63, 3.8) is 0 Å². The van der Waals surface area contributed by atoms with Gasteiger partial charge in [0.2, 0.25) is 11.9 Å². The Labute approximate surface area is 91.9 Å². The molecule has 0 aliphatic rings. The first kappa shape index (κ1) is 10.4. The van der Waals surface area contributed by atoms with E-state index in [0.717, 1.165) is 11.0 Å². The van der Waals surface area contributed by atoms with Crippen LogP contribution >= 0.6 is 0 Å². The zero-order chi connectivity index (χ0) is 11.5. The predicted molar refractivity (Wildman–Crippen MR) is 60.0 cm³/mol. The average molecular weight is 217 g/mol. The number of Topliss-reactive ketones (excluding diaryl/α,β-unsaturated/α-hetero) is 1. The van der Waals surface area contributed by atoms with Crippen molar-refractivity contribution in [3.05, 3.63) is 24.3 Å². The summed E-state index contributed by atoms with van der Waals surface area (Å²) >= 11 is 0. The van der Waals surface area contributed by atoms with Gasteiger partial charge in [-0.25, -0.2) is 4.98 Å². The van der Waals surface area contributed by atoms with E-state index in [-0.39, 0.29) is 18.1 Å². The van der Waals surface area contributed by atoms with E-state index in [0.29, 0.717) is 5.95 Å². The summed E-state index contributed by atoms with van der Waals surface area (Å²) in [6.45, 7) is 1.37. The minimum atomic E-state index is -0.355. The number of carbonyl (C=O) groups excluding carboxylic acids is 2. The molecule has 2 aromatic rings. The summed E-state index contributed by atoms with van der Waals surface area (Å²) in [4.78, 5) is 29.1. The number of hydrogen-bond acceptors (Lipinski definition) is 3. The molecular weight excluding hydrogens is 206 g/mol. The lowest BCUT2D eigenvalue weighted by atomic mass is 10.3. The van der Waals surface area contributed by atoms with Gasteiger partial charge < -0.3 is 4.98 Å². The van der Waals surface area contributed by atoms with Gasteiger partial charge in [-0.3, -0.25) is 14.9 Å². The number of H-pyrrole nitrogens is 1. The maximum atomic E-state index is 11.3. The number of imidazole rings is 1. The Morgan fingerprint density at radius 3 is 2.81 bits per heavy atom. The molecule has 2 N–H and O–H groups in total. The van der Waals surface area contributed by atoms with Gasteiger partial charge in [0.25, 0.3) is 0 Å². The molecule has 1 aromatic carbocycles. The van der Waals surface area contributed by atoms with E-state index in [2.05, 4.69) is 15.3 Å². The lowest BCUT2D eigenvalue weighted by Crippen LogP contribution is -2.15. The molecule has 1 aromatic heterocycles. The molecule has 0 bridgehead atoms. The number of ketones is 1. The lowest BCUT2D eigenvalue weighted by Gasteiger charge is -1.97. The highest BCUT2D eigenvalue weighted by molar-refractivity contribution is 6.03. The van der Waals surface area contributed by atoms with Gasteiger partial charge in [-0.15, -0.1) is 0 Å². The monoisotopic (exact) mass is 217 g/mol. The van der Waals surface area contributed by atoms with Crippen LogP contribution in [-0.2, 0) is 9.59 Å². The van der Waals surface area contributed by atoms with Crippen LogP contribution in [0.15, 0.2) is 24.3 Å². The number of aromatic nitrogens is 2. The maximum Gasteiger partial charge on any atom is 0.234 e. The minimum absolute atomic E-state index is 0.128. The van der Waals surface area contributed by atoms with Crippen molar-refractivity contribution in [2.24, 2.45) is 0 Å². The van der Waals surface area contributed by atoms with Crippen molar-refractivity contribution in [1.29, 1.82) is 0 Å². The number of benzene rings is 1. The molecule has 16 heavy (non-hydrogen) atoms. The zero-order valence-corrected chi connectivity index (χ0v) is 8.78. The zero-order valence-electron chi connectivity index (χ0n) is 8.78. The fourth-order valence-corrected chi connectivity index (χ4v) is 1.41. The Kier molecular flexibility index (Phi) is 2.68. The molecule has 1 heterocycles. The highest BCUT2D eigenvalue weighted by atomic mass is 16.2. The van der Waals surface area contributed by atoms with Crippen LogP contribution in [0.3, 0.4) is 0 Å². The average Bonchev–Trinajstić information content (AvgIpc) is 2.57. The fourth-order valence-electron chi connectivity index (χ4n) is 1.41. The summed E-state index contributed by atoms with van der Waals surface area (Å²) in [5.74, 6) is -0.160. The second kappa shape index (κ2) is 4.14. The molecule has 0 radical (unpaired) electrons. The second-order valence-electron chi connectivity index (χ2n) is 3.53. The van der Waals surface area contributed by atoms with Crippen LogP contribution in [0.25, 0.3) is 11.0 Å². The molecule has 1 amide bonds. The van der Waals surface area contributed by atoms with Gasteiger partial charge in [0.1, 0.15) is 5.78 Å². The number of rotatable bonds is 3. The van der Waals surface area contributed by atoms with E-state index in [9.17, 15) is 9.59 Å². The molecule has 82 valence electrons. The molecule has 0 saturated heterocycles. The lowest BCUT2D eigenvalue weighted by molar-refractivity contribution is -0.124. The van der Waals surface area contributed by atoms with E-state index in [1.54, 1.807) is 0 Å². The van der Waals surface area contributed by atoms with Crippen molar-refractivity contribution in [3.8, 4) is 0 Å². The quantitative estimate of drug-likeness (QED) is 0.764. The largest absolute Gasteiger partial charge is 0.324 e. The number of hydrogen-bond donors (Lipinski definition) is 2. The molecule has 2 rings (SSSR count). The van der Waals surface area contributed by atoms with Gasteiger partial charge in [0.05, 0.1) is 17.5 Å². The summed E-state index contributed by atoms with van der Waals surface area (Å²) < 4.78 is 0. The number of amides is 1. The van der Waals surface area contributed by atoms with Crippen molar-refractivity contribution < 1.29 is 9.59 Å². The standard InChI is InChI=1S/C11H11N3O2/c1-7(15)6-10(16)14-11-12-8-4-2-3-5-9(8)13-11/h2-5H,6H2,1H3,(H2,12,13,14,16). The highest BCUT2D eigenvalue weighted by Crippen LogP contribution is 2.13. The summed E-state index contributed by atoms with van der Waals surface area (Å²) in [5, 5.41) is 2.54. The molecule has 0 spiro atoms. The Balaban J connectivity index is 2.15. The van der Waals surface area contributed by atoms with Crippen LogP contribution in [0, 0.1) is 0 Å². The Morgan fingerprint density at radius 1 is 1.38 bits per heavy atom. The van der Waals surface area contributed by atoms with Gasteiger partial charge in [-0.05, 0) is 19.1 Å². The third kappa shape index (κ3) is 2.25. The molecule has 0 fully saturated rings. The van der Waals surface area contributed by atoms with Crippen molar-refractivity contribution >= 4 is 28.7 Å². The van der Waals surface area contributed by atoms with Gasteiger partial charge in [-0.1, -0.05) is 12.1 Å². The molecule has 0 unspecified atom stereocenters. The molecule has 5 heteroatoms. The minimum Gasteiger partial charge on any atom is -0.324 e. The first-order chi connectivity index (χ1) is 7.65. The van der Waals surface area contributed by atoms with E-state index < -0.39 is 0 Å². The molecule has 5 nitrogen and oxygen atoms in total. The summed E-state index contributed by atoms with van der Waals surface area (Å²) in [7, 11) is 0. The van der Waals surface area contributed by atoms with Gasteiger partial charge in [-0.2, -0.15) is 0 Å². The Hall–Kier alpha value is -2.17. The molecule has 0 atom stereocenters. The highest BCUT2D eigenvalue weighted by Gasteiger charge is 2.08. The SMILES string of the molecule is CC(=O)CC(=O)Nc1nc2ccccc2[nH]1. The fraction of sp³-hybridized carbons (Fsp3) is 0.182. The topological polar surface area (TPSA) is 74.8 Å². The van der Waals surface area contributed by atoms with Gasteiger partial charge in [0, 0.05) is 0 Å². The number of anilines is 1. The van der Waals surface area contributed by atoms with Crippen LogP contribution in [-0.4, -0.2) is 21.7 Å². The van der Waals surface area contributed by atoms with E-state index in [1.165, 1.54) is 6.92 Å². The van der Waals surface area contributed by atoms with Crippen LogP contribution < -0.4 is 5.32 Å². The molecule has 0 aliphatic heterocycles. The first-order valence-electron chi connectivity index (χ1n) is 4.89. The Morgan fingerprint density at radius 2 is 2.12 bits per heavy atom. The van der Waals surface area contributed by atoms with Crippen molar-refractivity contribution in [2.45, 2.75) is 13.3 Å². The van der Waals surface area contributed by atoms with Gasteiger partial charge >= 0.3 is 0 Å². The van der Waals surface area contributed by atoms with Crippen LogP contribution in [0.1, 0.15) is 13.3 Å². The number of fused-ring (bicyclic) bond motifs is 1. The number of aromatic amines is 1. The third-order valence-electron chi connectivity index (χ3n) is 2.06. The van der Waals surface area contributed by atoms with Crippen LogP contribution in [0.2, 0.25) is 0 Å². The molecule has 0 aliphatic carbocycles. The van der Waals surface area contributed by atoms with Crippen molar-refractivity contribution in [1.82, 2.24) is 9.97 Å². The van der Waals surface area contributed by atoms with Crippen molar-refractivity contribution in [2.75, 3.05) is 5.32 Å². The van der Waals surface area contributed by atoms with E-state index in [4.69, 9.17) is 0 Å². The van der Waals surface area contributed by atoms with E-state index >= 15 is 0 Å². The second-order valence-corrected chi connectivity index (χ2v) is 3.53. The number of carbonyl (C=O) groups is 2. The smallest absolute Gasteiger partial charge is 0.234 e. The number of nitrogens with zero attached hydrogens (tertiary/aromatic N) is 1. The van der Waals surface area contributed by atoms with E-state index in [1.807, 2.05) is 24.3 Å². The van der Waals surface area contributed by atoms with Gasteiger partial charge in [0.15, 0.2) is 0 Å². The molecule has 0 saturated carbocycles. The Bertz CT molecular complexity index is 512. The maximum absolute atomic E-state index is 11.3. The third-order valence-corrected chi connectivity index (χ3v) is 2.06. The summed E-state index contributed by atoms with van der Waals surface area (Å²) in [6, 6.07) is 7.45.